The van der Waals surface area contributed by atoms with E-state index < -0.39 is 0 Å². The fourth-order valence-corrected chi connectivity index (χ4v) is 3.66. The van der Waals surface area contributed by atoms with Gasteiger partial charge in [-0.05, 0) is 67.6 Å². The SMILES string of the molecule is CSCCC(=O)N1CCC[C@H]1COCNc1ccc(Oc2ccc(F)cc2)cc1.[HH]. The van der Waals surface area contributed by atoms with Gasteiger partial charge in [-0.15, -0.1) is 0 Å². The highest BCUT2D eigenvalue weighted by Crippen LogP contribution is 2.23. The number of hydrogen-bond donors (Lipinski definition) is 1. The molecule has 1 aliphatic heterocycles. The molecule has 1 aliphatic rings. The summed E-state index contributed by atoms with van der Waals surface area (Å²) in [7, 11) is 0. The number of nitrogens with zero attached hydrogens (tertiary/aromatic N) is 1. The van der Waals surface area contributed by atoms with Crippen LogP contribution in [0.1, 0.15) is 20.7 Å². The summed E-state index contributed by atoms with van der Waals surface area (Å²) in [5.41, 5.74) is 0.913. The van der Waals surface area contributed by atoms with E-state index in [1.807, 2.05) is 35.4 Å². The number of benzene rings is 2. The quantitative estimate of drug-likeness (QED) is 0.433. The standard InChI is InChI=1S/C22H27FN2O3S.H2/c1-29-14-12-22(26)25-13-2-3-19(25)15-27-16-24-18-6-10-21(11-7-18)28-20-8-4-17(23)5-9-20;/h4-11,19,24H,2-3,12-16H2,1H3;1H/t19-;/m0./s1. The Bertz CT molecular complexity index is 777. The van der Waals surface area contributed by atoms with Crippen LogP contribution in [0.15, 0.2) is 48.5 Å². The molecule has 0 aliphatic carbocycles. The van der Waals surface area contributed by atoms with Gasteiger partial charge in [0.15, 0.2) is 0 Å². The van der Waals surface area contributed by atoms with Gasteiger partial charge in [0.05, 0.1) is 12.6 Å². The molecule has 0 bridgehead atoms. The first-order valence-electron chi connectivity index (χ1n) is 9.79. The van der Waals surface area contributed by atoms with Crippen LogP contribution in [0, 0.1) is 5.82 Å². The van der Waals surface area contributed by atoms with Crippen LogP contribution in [-0.4, -0.2) is 48.7 Å². The normalized spacial score (nSPS) is 16.1. The maximum absolute atomic E-state index is 12.9. The van der Waals surface area contributed by atoms with Crippen LogP contribution in [0.5, 0.6) is 11.5 Å². The Labute approximate surface area is 177 Å². The molecule has 5 nitrogen and oxygen atoms in total. The molecular formula is C22H29FN2O3S. The first-order chi connectivity index (χ1) is 14.2. The van der Waals surface area contributed by atoms with E-state index in [1.165, 1.54) is 12.1 Å². The fraction of sp³-hybridized carbons (Fsp3) is 0.409. The van der Waals surface area contributed by atoms with E-state index in [2.05, 4.69) is 5.32 Å². The number of likely N-dealkylation sites (tertiary alicyclic amines) is 1. The summed E-state index contributed by atoms with van der Waals surface area (Å²) in [5, 5.41) is 3.21. The van der Waals surface area contributed by atoms with Crippen molar-refractivity contribution in [3.63, 3.8) is 0 Å². The van der Waals surface area contributed by atoms with Gasteiger partial charge in [-0.3, -0.25) is 4.79 Å². The van der Waals surface area contributed by atoms with Gasteiger partial charge in [0.25, 0.3) is 0 Å². The lowest BCUT2D eigenvalue weighted by atomic mass is 10.2. The topological polar surface area (TPSA) is 50.8 Å². The van der Waals surface area contributed by atoms with Crippen LogP contribution in [0.4, 0.5) is 10.1 Å². The van der Waals surface area contributed by atoms with E-state index in [4.69, 9.17) is 9.47 Å². The van der Waals surface area contributed by atoms with E-state index in [-0.39, 0.29) is 19.2 Å². The van der Waals surface area contributed by atoms with Crippen molar-refractivity contribution in [1.82, 2.24) is 4.90 Å². The number of carbonyl (C=O) groups is 1. The summed E-state index contributed by atoms with van der Waals surface area (Å²) in [5.74, 6) is 2.07. The molecule has 2 aromatic rings. The number of rotatable bonds is 10. The van der Waals surface area contributed by atoms with Crippen LogP contribution >= 0.6 is 11.8 Å². The Hall–Kier alpha value is -2.25. The van der Waals surface area contributed by atoms with Crippen molar-refractivity contribution in [2.45, 2.75) is 25.3 Å². The Morgan fingerprint density at radius 3 is 2.59 bits per heavy atom. The van der Waals surface area contributed by atoms with Crippen LogP contribution in [0.2, 0.25) is 0 Å². The zero-order valence-electron chi connectivity index (χ0n) is 16.6. The number of halogens is 1. The minimum absolute atomic E-state index is 0. The average molecular weight is 421 g/mol. The van der Waals surface area contributed by atoms with Crippen molar-refractivity contribution < 1.29 is 20.1 Å². The molecule has 0 aromatic heterocycles. The zero-order chi connectivity index (χ0) is 20.5. The lowest BCUT2D eigenvalue weighted by Crippen LogP contribution is -2.38. The molecule has 0 radical (unpaired) electrons. The van der Waals surface area contributed by atoms with E-state index >= 15 is 0 Å². The highest BCUT2D eigenvalue weighted by molar-refractivity contribution is 7.98. The third kappa shape index (κ3) is 6.65. The summed E-state index contributed by atoms with van der Waals surface area (Å²) in [6.45, 7) is 1.76. The molecular weight excluding hydrogens is 391 g/mol. The number of anilines is 1. The Morgan fingerprint density at radius 2 is 1.90 bits per heavy atom. The van der Waals surface area contributed by atoms with Crippen molar-refractivity contribution in [3.8, 4) is 11.5 Å². The molecule has 1 N–H and O–H groups in total. The molecule has 29 heavy (non-hydrogen) atoms. The Balaban J connectivity index is 0.00000320. The number of ether oxygens (including phenoxy) is 2. The summed E-state index contributed by atoms with van der Waals surface area (Å²) < 4.78 is 24.4. The number of carbonyl (C=O) groups excluding carboxylic acids is 1. The molecule has 1 saturated heterocycles. The van der Waals surface area contributed by atoms with Gasteiger partial charge in [0.1, 0.15) is 24.0 Å². The molecule has 1 amide bonds. The highest BCUT2D eigenvalue weighted by Gasteiger charge is 2.28. The van der Waals surface area contributed by atoms with Crippen LogP contribution in [0.25, 0.3) is 0 Å². The van der Waals surface area contributed by atoms with Crippen molar-refractivity contribution in [2.24, 2.45) is 0 Å². The average Bonchev–Trinajstić information content (AvgIpc) is 3.21. The second-order valence-corrected chi connectivity index (χ2v) is 7.88. The second-order valence-electron chi connectivity index (χ2n) is 6.90. The van der Waals surface area contributed by atoms with Gasteiger partial charge in [0, 0.05) is 25.8 Å². The largest absolute Gasteiger partial charge is 0.457 e. The maximum atomic E-state index is 12.9. The summed E-state index contributed by atoms with van der Waals surface area (Å²) in [6.07, 6.45) is 4.66. The van der Waals surface area contributed by atoms with Gasteiger partial charge < -0.3 is 19.7 Å². The molecule has 0 spiro atoms. The smallest absolute Gasteiger partial charge is 0.223 e. The van der Waals surface area contributed by atoms with E-state index in [0.717, 1.165) is 30.8 Å². The van der Waals surface area contributed by atoms with Gasteiger partial charge >= 0.3 is 0 Å². The van der Waals surface area contributed by atoms with Crippen molar-refractivity contribution in [3.05, 3.63) is 54.3 Å². The Kier molecular flexibility index (Phi) is 8.19. The molecule has 0 saturated carbocycles. The monoisotopic (exact) mass is 420 g/mol. The van der Waals surface area contributed by atoms with Crippen LogP contribution < -0.4 is 10.1 Å². The lowest BCUT2D eigenvalue weighted by molar-refractivity contribution is -0.132. The predicted molar refractivity (Wildman–Crippen MR) is 117 cm³/mol. The fourth-order valence-electron chi connectivity index (χ4n) is 3.28. The van der Waals surface area contributed by atoms with Crippen molar-refractivity contribution in [2.75, 3.05) is 37.2 Å². The Morgan fingerprint density at radius 1 is 1.21 bits per heavy atom. The third-order valence-corrected chi connectivity index (χ3v) is 5.42. The molecule has 158 valence electrons. The molecule has 3 rings (SSSR count). The number of nitrogens with one attached hydrogen (secondary N) is 1. The van der Waals surface area contributed by atoms with Gasteiger partial charge in [0.2, 0.25) is 5.91 Å². The van der Waals surface area contributed by atoms with E-state index in [1.54, 1.807) is 23.9 Å². The third-order valence-electron chi connectivity index (χ3n) is 4.81. The molecule has 1 atom stereocenters. The number of hydrogen-bond acceptors (Lipinski definition) is 5. The lowest BCUT2D eigenvalue weighted by Gasteiger charge is -2.24. The van der Waals surface area contributed by atoms with E-state index in [9.17, 15) is 9.18 Å². The summed E-state index contributed by atoms with van der Waals surface area (Å²) in [6, 6.07) is 13.6. The van der Waals surface area contributed by atoms with Crippen LogP contribution in [0.3, 0.4) is 0 Å². The minimum atomic E-state index is -0.290. The van der Waals surface area contributed by atoms with Gasteiger partial charge in [-0.1, -0.05) is 0 Å². The first kappa shape index (κ1) is 21.5. The van der Waals surface area contributed by atoms with Gasteiger partial charge in [-0.2, -0.15) is 11.8 Å². The minimum Gasteiger partial charge on any atom is -0.457 e. The highest BCUT2D eigenvalue weighted by atomic mass is 32.2. The van der Waals surface area contributed by atoms with Crippen molar-refractivity contribution in [1.29, 1.82) is 0 Å². The summed E-state index contributed by atoms with van der Waals surface area (Å²) >= 11 is 1.70. The predicted octanol–water partition coefficient (Wildman–Crippen LogP) is 4.99. The molecule has 1 heterocycles. The van der Waals surface area contributed by atoms with Crippen molar-refractivity contribution >= 4 is 23.4 Å². The second kappa shape index (κ2) is 11.1. The van der Waals surface area contributed by atoms with Gasteiger partial charge in [-0.25, -0.2) is 4.39 Å². The molecule has 1 fully saturated rings. The molecule has 2 aromatic carbocycles. The maximum Gasteiger partial charge on any atom is 0.223 e. The number of amides is 1. The molecule has 7 heteroatoms. The van der Waals surface area contributed by atoms with E-state index in [0.29, 0.717) is 31.3 Å². The zero-order valence-corrected chi connectivity index (χ0v) is 17.4. The summed E-state index contributed by atoms with van der Waals surface area (Å²) in [4.78, 5) is 14.2. The van der Waals surface area contributed by atoms with Crippen LogP contribution in [-0.2, 0) is 9.53 Å². The first-order valence-corrected chi connectivity index (χ1v) is 11.2. The molecule has 0 unspecified atom stereocenters. The number of thioether (sulfide) groups is 1.